The summed E-state index contributed by atoms with van der Waals surface area (Å²) in [5, 5.41) is 28.2. The Hall–Kier alpha value is -2.30. The third-order valence-electron chi connectivity index (χ3n) is 8.96. The molecule has 0 aromatic heterocycles. The van der Waals surface area contributed by atoms with Crippen molar-refractivity contribution in [3.8, 4) is 0 Å². The van der Waals surface area contributed by atoms with E-state index in [1.165, 1.54) is 42.9 Å². The summed E-state index contributed by atoms with van der Waals surface area (Å²) in [4.78, 5) is 25.5. The minimum Gasteiger partial charge on any atom is -0.462 e. The molecular formula is C29H40O9. The van der Waals surface area contributed by atoms with Gasteiger partial charge in [0.15, 0.2) is 0 Å². The third kappa shape index (κ3) is 5.02. The molecule has 2 bridgehead atoms. The molecule has 3 N–H and O–H groups in total. The maximum absolute atomic E-state index is 12.8. The maximum Gasteiger partial charge on any atom is 0.331 e. The summed E-state index contributed by atoms with van der Waals surface area (Å²) >= 11 is 0. The molecule has 2 aliphatic carbocycles. The van der Waals surface area contributed by atoms with Crippen LogP contribution in [0, 0.1) is 10.8 Å². The number of hydrogen-bond acceptors (Lipinski definition) is 9. The van der Waals surface area contributed by atoms with Crippen LogP contribution in [0.15, 0.2) is 47.6 Å². The van der Waals surface area contributed by atoms with Crippen molar-refractivity contribution < 1.29 is 43.9 Å². The summed E-state index contributed by atoms with van der Waals surface area (Å²) < 4.78 is 24.6. The number of allylic oxidation sites excluding steroid dienone is 3. The predicted molar refractivity (Wildman–Crippen MR) is 138 cm³/mol. The molecule has 2 heterocycles. The number of epoxide rings is 1. The Morgan fingerprint density at radius 3 is 2.66 bits per heavy atom. The van der Waals surface area contributed by atoms with Crippen molar-refractivity contribution in [2.24, 2.45) is 10.8 Å². The van der Waals surface area contributed by atoms with E-state index >= 15 is 0 Å². The Morgan fingerprint density at radius 2 is 2.00 bits per heavy atom. The van der Waals surface area contributed by atoms with Crippen LogP contribution in [0.1, 0.15) is 53.4 Å². The number of esters is 2. The molecule has 8 atom stereocenters. The van der Waals surface area contributed by atoms with E-state index in [1.807, 2.05) is 0 Å². The normalized spacial score (nSPS) is 37.7. The molecule has 0 amide bonds. The maximum atomic E-state index is 12.8. The zero-order chi connectivity index (χ0) is 27.7. The van der Waals surface area contributed by atoms with E-state index in [9.17, 15) is 19.8 Å². The fraction of sp³-hybridized carbons (Fsp3) is 0.655. The van der Waals surface area contributed by atoms with Crippen LogP contribution >= 0.6 is 0 Å². The quantitative estimate of drug-likeness (QED) is 0.127. The Kier molecular flexibility index (Phi) is 8.35. The highest BCUT2D eigenvalue weighted by Gasteiger charge is 2.83. The number of aliphatic hydroxyl groups excluding tert-OH is 3. The van der Waals surface area contributed by atoms with Gasteiger partial charge in [0.05, 0.1) is 36.4 Å². The van der Waals surface area contributed by atoms with Crippen LogP contribution in [0.2, 0.25) is 0 Å². The van der Waals surface area contributed by atoms with E-state index in [1.54, 1.807) is 6.92 Å². The molecular weight excluding hydrogens is 492 g/mol. The van der Waals surface area contributed by atoms with Gasteiger partial charge in [-0.3, -0.25) is 0 Å². The molecule has 9 nitrogen and oxygen atoms in total. The number of rotatable bonds is 10. The first-order chi connectivity index (χ1) is 18.0. The van der Waals surface area contributed by atoms with E-state index in [0.29, 0.717) is 25.9 Å². The molecule has 2 saturated heterocycles. The molecule has 1 spiro atoms. The van der Waals surface area contributed by atoms with E-state index in [2.05, 4.69) is 19.9 Å². The Morgan fingerprint density at radius 1 is 1.26 bits per heavy atom. The monoisotopic (exact) mass is 532 g/mol. The number of fused-ring (bicyclic) bond motifs is 2. The average Bonchev–Trinajstić information content (AvgIpc) is 3.63. The van der Waals surface area contributed by atoms with Crippen molar-refractivity contribution in [2.75, 3.05) is 19.8 Å². The van der Waals surface area contributed by atoms with Crippen molar-refractivity contribution in [3.63, 3.8) is 0 Å². The van der Waals surface area contributed by atoms with Gasteiger partial charge < -0.3 is 34.3 Å². The van der Waals surface area contributed by atoms with Gasteiger partial charge in [-0.1, -0.05) is 42.4 Å². The summed E-state index contributed by atoms with van der Waals surface area (Å²) in [6.07, 6.45) is 8.43. The molecule has 0 radical (unpaired) electrons. The SMILES string of the molecule is CC1=C[C@H]2O[C@@H]3C[C@@H](OC(=O)/C=C\C=C\[C@H](O)[C@H](C)O)[C@](C)([C@@]2(COC(=O)/C=C(\C)CCO)CC1)[C@]31CO1. The van der Waals surface area contributed by atoms with Gasteiger partial charge >= 0.3 is 11.9 Å². The summed E-state index contributed by atoms with van der Waals surface area (Å²) in [6.45, 7) is 7.90. The van der Waals surface area contributed by atoms with Gasteiger partial charge in [0.2, 0.25) is 0 Å². The second kappa shape index (κ2) is 11.1. The lowest BCUT2D eigenvalue weighted by Gasteiger charge is -2.58. The van der Waals surface area contributed by atoms with Gasteiger partial charge in [-0.15, -0.1) is 0 Å². The van der Waals surface area contributed by atoms with Gasteiger partial charge in [-0.2, -0.15) is 0 Å². The Labute approximate surface area is 223 Å². The summed E-state index contributed by atoms with van der Waals surface area (Å²) in [5.74, 6) is -1.02. The zero-order valence-corrected chi connectivity index (χ0v) is 22.6. The summed E-state index contributed by atoms with van der Waals surface area (Å²) in [6, 6.07) is 0. The smallest absolute Gasteiger partial charge is 0.331 e. The molecule has 9 heteroatoms. The van der Waals surface area contributed by atoms with Crippen molar-refractivity contribution in [1.29, 1.82) is 0 Å². The van der Waals surface area contributed by atoms with Crippen LogP contribution in [0.4, 0.5) is 0 Å². The van der Waals surface area contributed by atoms with Crippen LogP contribution in [0.5, 0.6) is 0 Å². The molecule has 0 aromatic rings. The summed E-state index contributed by atoms with van der Waals surface area (Å²) in [5.41, 5.74) is -0.0208. The minimum absolute atomic E-state index is 0.0444. The molecule has 210 valence electrons. The lowest BCUT2D eigenvalue weighted by atomic mass is 9.51. The van der Waals surface area contributed by atoms with Crippen LogP contribution in [0.3, 0.4) is 0 Å². The predicted octanol–water partition coefficient (Wildman–Crippen LogP) is 2.30. The van der Waals surface area contributed by atoms with E-state index in [4.69, 9.17) is 24.1 Å². The Balaban J connectivity index is 1.58. The van der Waals surface area contributed by atoms with Gasteiger partial charge in [0.1, 0.15) is 18.3 Å². The first kappa shape index (κ1) is 28.7. The highest BCUT2D eigenvalue weighted by molar-refractivity contribution is 5.83. The van der Waals surface area contributed by atoms with Crippen LogP contribution in [0.25, 0.3) is 0 Å². The minimum atomic E-state index is -1.03. The molecule has 1 saturated carbocycles. The molecule has 4 aliphatic rings. The number of hydrogen-bond donors (Lipinski definition) is 3. The number of aliphatic hydroxyl groups is 3. The lowest BCUT2D eigenvalue weighted by Crippen LogP contribution is -2.66. The van der Waals surface area contributed by atoms with Gasteiger partial charge in [0, 0.05) is 30.6 Å². The topological polar surface area (TPSA) is 135 Å². The van der Waals surface area contributed by atoms with Crippen molar-refractivity contribution in [2.45, 2.75) is 89.5 Å². The average molecular weight is 533 g/mol. The highest BCUT2D eigenvalue weighted by Crippen LogP contribution is 2.72. The third-order valence-corrected chi connectivity index (χ3v) is 8.96. The van der Waals surface area contributed by atoms with Crippen molar-refractivity contribution in [1.82, 2.24) is 0 Å². The molecule has 0 aromatic carbocycles. The summed E-state index contributed by atoms with van der Waals surface area (Å²) in [7, 11) is 0. The highest BCUT2D eigenvalue weighted by atomic mass is 16.6. The molecule has 0 unspecified atom stereocenters. The van der Waals surface area contributed by atoms with E-state index < -0.39 is 46.7 Å². The first-order valence-electron chi connectivity index (χ1n) is 13.3. The zero-order valence-electron chi connectivity index (χ0n) is 22.6. The molecule has 3 fully saturated rings. The number of ether oxygens (including phenoxy) is 4. The molecule has 2 aliphatic heterocycles. The van der Waals surface area contributed by atoms with Crippen LogP contribution in [-0.2, 0) is 28.5 Å². The molecule has 38 heavy (non-hydrogen) atoms. The Bertz CT molecular complexity index is 1040. The number of carbonyl (C=O) groups is 2. The second-order valence-electron chi connectivity index (χ2n) is 11.3. The van der Waals surface area contributed by atoms with Crippen LogP contribution in [-0.4, -0.2) is 83.2 Å². The number of carbonyl (C=O) groups excluding carboxylic acids is 2. The van der Waals surface area contributed by atoms with E-state index in [0.717, 1.165) is 12.0 Å². The van der Waals surface area contributed by atoms with E-state index in [-0.39, 0.29) is 25.4 Å². The fourth-order valence-electron chi connectivity index (χ4n) is 6.48. The van der Waals surface area contributed by atoms with Crippen LogP contribution < -0.4 is 0 Å². The van der Waals surface area contributed by atoms with Crippen molar-refractivity contribution in [3.05, 3.63) is 47.6 Å². The largest absolute Gasteiger partial charge is 0.462 e. The lowest BCUT2D eigenvalue weighted by molar-refractivity contribution is -0.232. The second-order valence-corrected chi connectivity index (χ2v) is 11.3. The standard InChI is InChI=1S/C29H40O9/c1-18-9-11-28(16-35-26(34)14-19(2)10-12-30)23(13-18)37-24-15-22(27(28,4)29(24)17-36-29)38-25(33)8-6-5-7-21(32)20(3)31/h5-8,13-14,20-24,30-32H,9-12,15-17H2,1-4H3/b7-5+,8-6-,19-14+/t20-,21-,22+,23+,24+,27+,28+,29-/m0/s1. The van der Waals surface area contributed by atoms with Gasteiger partial charge in [0.25, 0.3) is 0 Å². The van der Waals surface area contributed by atoms with Gasteiger partial charge in [-0.05, 0) is 40.0 Å². The van der Waals surface area contributed by atoms with Crippen molar-refractivity contribution >= 4 is 11.9 Å². The fourth-order valence-corrected chi connectivity index (χ4v) is 6.48. The first-order valence-corrected chi connectivity index (χ1v) is 13.3. The van der Waals surface area contributed by atoms with Gasteiger partial charge in [-0.25, -0.2) is 9.59 Å². The molecule has 4 rings (SSSR count).